The molecule has 1 aromatic carbocycles. The number of carbonyl (C=O) groups excluding carboxylic acids is 2. The zero-order chi connectivity index (χ0) is 15.4. The van der Waals surface area contributed by atoms with Gasteiger partial charge < -0.3 is 11.5 Å². The minimum Gasteiger partial charge on any atom is -0.398 e. The van der Waals surface area contributed by atoms with Crippen LogP contribution >= 0.6 is 23.6 Å². The second kappa shape index (κ2) is 6.46. The van der Waals surface area contributed by atoms with E-state index < -0.39 is 5.91 Å². The number of nitrogens with one attached hydrogen (secondary N) is 2. The Morgan fingerprint density at radius 1 is 1.43 bits per heavy atom. The molecule has 0 aliphatic heterocycles. The summed E-state index contributed by atoms with van der Waals surface area (Å²) in [6.07, 6.45) is 0.569. The van der Waals surface area contributed by atoms with E-state index in [1.165, 1.54) is 0 Å². The van der Waals surface area contributed by atoms with Gasteiger partial charge in [-0.05, 0) is 30.3 Å². The highest BCUT2D eigenvalue weighted by atomic mass is 32.1. The Morgan fingerprint density at radius 2 is 2.19 bits per heavy atom. The maximum Gasteiger partial charge on any atom is 0.259 e. The van der Waals surface area contributed by atoms with Crippen LogP contribution in [0.25, 0.3) is 0 Å². The van der Waals surface area contributed by atoms with Crippen LogP contribution in [0.15, 0.2) is 18.2 Å². The number of aromatic nitrogens is 2. The summed E-state index contributed by atoms with van der Waals surface area (Å²) < 4.78 is 0.466. The van der Waals surface area contributed by atoms with Gasteiger partial charge in [0.1, 0.15) is 0 Å². The van der Waals surface area contributed by atoms with Gasteiger partial charge in [0.15, 0.2) is 3.95 Å². The molecule has 9 heteroatoms. The Hall–Kier alpha value is -2.26. The summed E-state index contributed by atoms with van der Waals surface area (Å²) >= 11 is 6.04. The van der Waals surface area contributed by atoms with Crippen molar-refractivity contribution in [2.24, 2.45) is 5.73 Å². The van der Waals surface area contributed by atoms with E-state index in [-0.39, 0.29) is 12.3 Å². The van der Waals surface area contributed by atoms with Gasteiger partial charge in [0.2, 0.25) is 11.0 Å². The van der Waals surface area contributed by atoms with Crippen molar-refractivity contribution in [1.29, 1.82) is 0 Å². The second-order valence-corrected chi connectivity index (χ2v) is 5.88. The SMILES string of the molecule is NC(=O)CCc1cccc(C(=O)Nc2n[nH]c(=S)s2)c1N. The Morgan fingerprint density at radius 3 is 2.81 bits per heavy atom. The third-order valence-corrected chi connectivity index (χ3v) is 3.75. The van der Waals surface area contributed by atoms with Gasteiger partial charge in [-0.15, -0.1) is 5.10 Å². The third-order valence-electron chi connectivity index (χ3n) is 2.74. The van der Waals surface area contributed by atoms with Crippen molar-refractivity contribution in [2.75, 3.05) is 11.1 Å². The van der Waals surface area contributed by atoms with Gasteiger partial charge >= 0.3 is 0 Å². The number of anilines is 2. The van der Waals surface area contributed by atoms with Crippen LogP contribution in [0, 0.1) is 3.95 Å². The smallest absolute Gasteiger partial charge is 0.259 e. The number of rotatable bonds is 5. The fourth-order valence-corrected chi connectivity index (χ4v) is 2.52. The summed E-state index contributed by atoms with van der Waals surface area (Å²) in [5, 5.41) is 9.40. The predicted octanol–water partition coefficient (Wildman–Crippen LogP) is 1.45. The first kappa shape index (κ1) is 15.1. The number of benzene rings is 1. The van der Waals surface area contributed by atoms with Crippen molar-refractivity contribution < 1.29 is 9.59 Å². The number of para-hydroxylation sites is 1. The molecule has 1 heterocycles. The standard InChI is InChI=1S/C12H13N5O2S2/c13-8(18)5-4-6-2-1-3-7(9(6)14)10(19)15-11-16-17-12(20)21-11/h1-3H,4-5,14H2,(H2,13,18)(H,17,20)(H,15,16,19). The zero-order valence-corrected chi connectivity index (χ0v) is 12.5. The van der Waals surface area contributed by atoms with Gasteiger partial charge in [0.25, 0.3) is 5.91 Å². The van der Waals surface area contributed by atoms with Crippen LogP contribution < -0.4 is 16.8 Å². The number of nitrogens with two attached hydrogens (primary N) is 2. The van der Waals surface area contributed by atoms with E-state index in [0.29, 0.717) is 32.3 Å². The van der Waals surface area contributed by atoms with E-state index in [1.807, 2.05) is 0 Å². The van der Waals surface area contributed by atoms with E-state index in [0.717, 1.165) is 11.3 Å². The van der Waals surface area contributed by atoms with Crippen LogP contribution in [0.4, 0.5) is 10.8 Å². The lowest BCUT2D eigenvalue weighted by molar-refractivity contribution is -0.117. The van der Waals surface area contributed by atoms with Crippen LogP contribution in [-0.2, 0) is 11.2 Å². The van der Waals surface area contributed by atoms with Crippen molar-refractivity contribution in [1.82, 2.24) is 10.2 Å². The van der Waals surface area contributed by atoms with Crippen molar-refractivity contribution >= 4 is 46.2 Å². The molecule has 0 saturated carbocycles. The van der Waals surface area contributed by atoms with Crippen LogP contribution in [0.2, 0.25) is 0 Å². The number of carbonyl (C=O) groups is 2. The van der Waals surface area contributed by atoms with Crippen LogP contribution in [0.3, 0.4) is 0 Å². The molecule has 2 amide bonds. The molecule has 0 bridgehead atoms. The third kappa shape index (κ3) is 3.86. The number of primary amides is 1. The highest BCUT2D eigenvalue weighted by Gasteiger charge is 2.14. The quantitative estimate of drug-likeness (QED) is 0.489. The first-order valence-corrected chi connectivity index (χ1v) is 7.22. The largest absolute Gasteiger partial charge is 0.398 e. The van der Waals surface area contributed by atoms with Crippen molar-refractivity contribution in [3.05, 3.63) is 33.3 Å². The Labute approximate surface area is 129 Å². The molecule has 0 fully saturated rings. The zero-order valence-electron chi connectivity index (χ0n) is 10.9. The van der Waals surface area contributed by atoms with Crippen molar-refractivity contribution in [3.63, 3.8) is 0 Å². The molecule has 0 unspecified atom stereocenters. The number of aryl methyl sites for hydroxylation is 1. The summed E-state index contributed by atoms with van der Waals surface area (Å²) in [4.78, 5) is 23.0. The number of hydrogen-bond acceptors (Lipinski definition) is 6. The highest BCUT2D eigenvalue weighted by Crippen LogP contribution is 2.21. The van der Waals surface area contributed by atoms with Gasteiger partial charge in [-0.2, -0.15) is 0 Å². The van der Waals surface area contributed by atoms with E-state index in [4.69, 9.17) is 23.7 Å². The van der Waals surface area contributed by atoms with Gasteiger partial charge in [0, 0.05) is 12.1 Å². The fraction of sp³-hybridized carbons (Fsp3) is 0.167. The molecule has 0 saturated heterocycles. The molecular formula is C12H13N5O2S2. The van der Waals surface area contributed by atoms with Crippen LogP contribution in [-0.4, -0.2) is 22.0 Å². The van der Waals surface area contributed by atoms with Gasteiger partial charge in [0.05, 0.1) is 5.56 Å². The molecule has 2 rings (SSSR count). The van der Waals surface area contributed by atoms with Gasteiger partial charge in [-0.25, -0.2) is 0 Å². The Kier molecular flexibility index (Phi) is 4.66. The topological polar surface area (TPSA) is 127 Å². The molecule has 7 nitrogen and oxygen atoms in total. The normalized spacial score (nSPS) is 10.3. The average Bonchev–Trinajstić information content (AvgIpc) is 2.82. The number of hydrogen-bond donors (Lipinski definition) is 4. The Balaban J connectivity index is 2.19. The molecule has 0 spiro atoms. The van der Waals surface area contributed by atoms with Gasteiger partial charge in [-0.1, -0.05) is 23.5 Å². The molecule has 0 aliphatic carbocycles. The van der Waals surface area contributed by atoms with E-state index in [2.05, 4.69) is 15.5 Å². The molecule has 0 radical (unpaired) electrons. The summed E-state index contributed by atoms with van der Waals surface area (Å²) in [6.45, 7) is 0. The molecule has 110 valence electrons. The number of H-pyrrole nitrogens is 1. The average molecular weight is 323 g/mol. The number of aromatic amines is 1. The monoisotopic (exact) mass is 323 g/mol. The first-order chi connectivity index (χ1) is 9.97. The predicted molar refractivity (Wildman–Crippen MR) is 83.6 cm³/mol. The molecule has 2 aromatic rings. The molecular weight excluding hydrogens is 310 g/mol. The first-order valence-electron chi connectivity index (χ1n) is 6.00. The van der Waals surface area contributed by atoms with E-state index in [9.17, 15) is 9.59 Å². The number of amides is 2. The fourth-order valence-electron chi connectivity index (χ4n) is 1.73. The van der Waals surface area contributed by atoms with Gasteiger partial charge in [-0.3, -0.25) is 20.0 Å². The minimum atomic E-state index is -0.416. The summed E-state index contributed by atoms with van der Waals surface area (Å²) in [5.41, 5.74) is 12.4. The number of nitrogens with zero attached hydrogens (tertiary/aromatic N) is 1. The molecule has 0 atom stereocenters. The summed E-state index contributed by atoms with van der Waals surface area (Å²) in [5.74, 6) is -0.799. The Bertz CT molecular complexity index is 737. The highest BCUT2D eigenvalue weighted by molar-refractivity contribution is 7.73. The lowest BCUT2D eigenvalue weighted by atomic mass is 10.0. The van der Waals surface area contributed by atoms with Crippen LogP contribution in [0.5, 0.6) is 0 Å². The molecule has 6 N–H and O–H groups in total. The lowest BCUT2D eigenvalue weighted by Gasteiger charge is -2.09. The van der Waals surface area contributed by atoms with Crippen molar-refractivity contribution in [3.8, 4) is 0 Å². The van der Waals surface area contributed by atoms with E-state index >= 15 is 0 Å². The van der Waals surface area contributed by atoms with E-state index in [1.54, 1.807) is 18.2 Å². The lowest BCUT2D eigenvalue weighted by Crippen LogP contribution is -2.16. The molecule has 0 aliphatic rings. The van der Waals surface area contributed by atoms with Crippen molar-refractivity contribution in [2.45, 2.75) is 12.8 Å². The molecule has 21 heavy (non-hydrogen) atoms. The molecule has 1 aromatic heterocycles. The summed E-state index contributed by atoms with van der Waals surface area (Å²) in [6, 6.07) is 5.06. The maximum absolute atomic E-state index is 12.2. The van der Waals surface area contributed by atoms with Crippen LogP contribution in [0.1, 0.15) is 22.3 Å². The minimum absolute atomic E-state index is 0.177. The maximum atomic E-state index is 12.2. The number of nitrogen functional groups attached to an aromatic ring is 1. The second-order valence-electron chi connectivity index (χ2n) is 4.22. The summed E-state index contributed by atoms with van der Waals surface area (Å²) in [7, 11) is 0.